The molecule has 2 aromatic rings. The van der Waals surface area contributed by atoms with E-state index in [1.165, 1.54) is 18.2 Å². The number of para-hydroxylation sites is 1. The van der Waals surface area contributed by atoms with Crippen molar-refractivity contribution in [1.29, 1.82) is 0 Å². The van der Waals surface area contributed by atoms with Crippen LogP contribution in [0.2, 0.25) is 0 Å². The molecule has 0 spiro atoms. The summed E-state index contributed by atoms with van der Waals surface area (Å²) in [5.41, 5.74) is 5.48. The quantitative estimate of drug-likeness (QED) is 0.378. The second-order valence-electron chi connectivity index (χ2n) is 4.47. The van der Waals surface area contributed by atoms with E-state index in [4.69, 9.17) is 5.73 Å². The lowest BCUT2D eigenvalue weighted by molar-refractivity contribution is -0.383. The summed E-state index contributed by atoms with van der Waals surface area (Å²) in [6.07, 6.45) is 0. The number of nitro benzene ring substituents is 1. The Morgan fingerprint density at radius 2 is 1.77 bits per heavy atom. The molecule has 0 saturated heterocycles. The van der Waals surface area contributed by atoms with Gasteiger partial charge in [-0.3, -0.25) is 19.7 Å². The average molecular weight is 299 g/mol. The number of anilines is 1. The molecule has 0 aromatic heterocycles. The summed E-state index contributed by atoms with van der Waals surface area (Å²) in [6.45, 7) is -0.217. The number of amides is 1. The molecule has 7 heteroatoms. The Labute approximate surface area is 125 Å². The van der Waals surface area contributed by atoms with Crippen LogP contribution in [0.4, 0.5) is 11.4 Å². The van der Waals surface area contributed by atoms with Crippen LogP contribution in [0.3, 0.4) is 0 Å². The summed E-state index contributed by atoms with van der Waals surface area (Å²) in [6, 6.07) is 12.4. The minimum absolute atomic E-state index is 0.0324. The van der Waals surface area contributed by atoms with E-state index in [0.717, 1.165) is 0 Å². The van der Waals surface area contributed by atoms with Crippen LogP contribution in [0.1, 0.15) is 20.7 Å². The molecule has 2 aromatic carbocycles. The van der Waals surface area contributed by atoms with Crippen LogP contribution in [0.25, 0.3) is 0 Å². The molecule has 0 atom stereocenters. The van der Waals surface area contributed by atoms with Gasteiger partial charge in [-0.25, -0.2) is 0 Å². The molecule has 0 saturated carbocycles. The highest BCUT2D eigenvalue weighted by atomic mass is 16.6. The number of Topliss-reactive ketones (excluding diaryl/α,β-unsaturated/α-hetero) is 1. The number of rotatable bonds is 5. The molecule has 0 heterocycles. The first-order valence-electron chi connectivity index (χ1n) is 6.40. The minimum Gasteiger partial charge on any atom is -0.393 e. The standard InChI is InChI=1S/C15H13N3O4/c16-14-11(7-4-8-12(14)18(21)22)15(20)17-9-13(19)10-5-2-1-3-6-10/h1-8H,9,16H2,(H,17,20). The molecule has 7 nitrogen and oxygen atoms in total. The van der Waals surface area contributed by atoms with E-state index in [-0.39, 0.29) is 29.3 Å². The highest BCUT2D eigenvalue weighted by molar-refractivity contribution is 6.04. The Bertz CT molecular complexity index is 729. The first kappa shape index (κ1) is 15.2. The van der Waals surface area contributed by atoms with Crippen molar-refractivity contribution in [3.05, 3.63) is 69.8 Å². The first-order valence-corrected chi connectivity index (χ1v) is 6.40. The maximum Gasteiger partial charge on any atom is 0.292 e. The molecule has 0 fully saturated rings. The van der Waals surface area contributed by atoms with Crippen LogP contribution < -0.4 is 11.1 Å². The van der Waals surface area contributed by atoms with Gasteiger partial charge >= 0.3 is 0 Å². The fourth-order valence-corrected chi connectivity index (χ4v) is 1.89. The van der Waals surface area contributed by atoms with E-state index < -0.39 is 10.8 Å². The smallest absolute Gasteiger partial charge is 0.292 e. The summed E-state index contributed by atoms with van der Waals surface area (Å²) in [7, 11) is 0. The van der Waals surface area contributed by atoms with Crippen molar-refractivity contribution in [2.24, 2.45) is 0 Å². The molecular formula is C15H13N3O4. The van der Waals surface area contributed by atoms with Gasteiger partial charge in [-0.05, 0) is 6.07 Å². The third-order valence-corrected chi connectivity index (χ3v) is 3.03. The number of benzene rings is 2. The van der Waals surface area contributed by atoms with Crippen molar-refractivity contribution >= 4 is 23.1 Å². The van der Waals surface area contributed by atoms with Crippen LogP contribution >= 0.6 is 0 Å². The zero-order valence-electron chi connectivity index (χ0n) is 11.5. The number of nitrogens with one attached hydrogen (secondary N) is 1. The summed E-state index contributed by atoms with van der Waals surface area (Å²) < 4.78 is 0. The summed E-state index contributed by atoms with van der Waals surface area (Å²) in [5, 5.41) is 13.2. The SMILES string of the molecule is Nc1c(C(=O)NCC(=O)c2ccccc2)cccc1[N+](=O)[O-]. The summed E-state index contributed by atoms with van der Waals surface area (Å²) >= 11 is 0. The number of nitro groups is 1. The van der Waals surface area contributed by atoms with Crippen molar-refractivity contribution in [2.45, 2.75) is 0 Å². The fraction of sp³-hybridized carbons (Fsp3) is 0.0667. The maximum absolute atomic E-state index is 12.0. The van der Waals surface area contributed by atoms with Gasteiger partial charge in [0, 0.05) is 11.6 Å². The van der Waals surface area contributed by atoms with Gasteiger partial charge in [0.05, 0.1) is 17.0 Å². The molecule has 1 amide bonds. The van der Waals surface area contributed by atoms with E-state index in [2.05, 4.69) is 5.32 Å². The van der Waals surface area contributed by atoms with E-state index in [1.807, 2.05) is 0 Å². The van der Waals surface area contributed by atoms with Gasteiger partial charge in [0.2, 0.25) is 0 Å². The van der Waals surface area contributed by atoms with E-state index in [0.29, 0.717) is 5.56 Å². The third-order valence-electron chi connectivity index (χ3n) is 3.03. The van der Waals surface area contributed by atoms with Crippen molar-refractivity contribution in [3.63, 3.8) is 0 Å². The normalized spacial score (nSPS) is 10.0. The molecule has 2 rings (SSSR count). The van der Waals surface area contributed by atoms with Gasteiger partial charge in [-0.2, -0.15) is 0 Å². The fourth-order valence-electron chi connectivity index (χ4n) is 1.89. The van der Waals surface area contributed by atoms with Gasteiger partial charge in [0.15, 0.2) is 5.78 Å². The number of nitrogens with two attached hydrogens (primary N) is 1. The highest BCUT2D eigenvalue weighted by Gasteiger charge is 2.19. The number of nitrogen functional groups attached to an aromatic ring is 1. The zero-order valence-corrected chi connectivity index (χ0v) is 11.5. The van der Waals surface area contributed by atoms with Crippen molar-refractivity contribution in [3.8, 4) is 0 Å². The maximum atomic E-state index is 12.0. The second-order valence-corrected chi connectivity index (χ2v) is 4.47. The number of hydrogen-bond acceptors (Lipinski definition) is 5. The van der Waals surface area contributed by atoms with Crippen LogP contribution in [0, 0.1) is 10.1 Å². The van der Waals surface area contributed by atoms with Gasteiger partial charge in [-0.15, -0.1) is 0 Å². The molecule has 0 radical (unpaired) electrons. The minimum atomic E-state index is -0.665. The Balaban J connectivity index is 2.09. The summed E-state index contributed by atoms with van der Waals surface area (Å²) in [5.74, 6) is -0.900. The third kappa shape index (κ3) is 3.26. The number of nitrogens with zero attached hydrogens (tertiary/aromatic N) is 1. The van der Waals surface area contributed by atoms with Gasteiger partial charge in [-0.1, -0.05) is 36.4 Å². The monoisotopic (exact) mass is 299 g/mol. The lowest BCUT2D eigenvalue weighted by Gasteiger charge is -2.07. The van der Waals surface area contributed by atoms with Crippen LogP contribution in [0.5, 0.6) is 0 Å². The van der Waals surface area contributed by atoms with E-state index in [1.54, 1.807) is 30.3 Å². The molecule has 0 aliphatic heterocycles. The lowest BCUT2D eigenvalue weighted by atomic mass is 10.1. The number of carbonyl (C=O) groups is 2. The van der Waals surface area contributed by atoms with Crippen molar-refractivity contribution in [2.75, 3.05) is 12.3 Å². The second kappa shape index (κ2) is 6.49. The largest absolute Gasteiger partial charge is 0.393 e. The van der Waals surface area contributed by atoms with Crippen LogP contribution in [-0.2, 0) is 0 Å². The van der Waals surface area contributed by atoms with Gasteiger partial charge in [0.1, 0.15) is 5.69 Å². The summed E-state index contributed by atoms with van der Waals surface area (Å²) in [4.78, 5) is 34.0. The Morgan fingerprint density at radius 1 is 1.09 bits per heavy atom. The number of carbonyl (C=O) groups excluding carboxylic acids is 2. The number of ketones is 1. The van der Waals surface area contributed by atoms with E-state index >= 15 is 0 Å². The zero-order chi connectivity index (χ0) is 16.1. The van der Waals surface area contributed by atoms with Crippen LogP contribution in [0.15, 0.2) is 48.5 Å². The topological polar surface area (TPSA) is 115 Å². The molecule has 112 valence electrons. The van der Waals surface area contributed by atoms with Gasteiger partial charge in [0.25, 0.3) is 11.6 Å². The first-order chi connectivity index (χ1) is 10.5. The molecule has 3 N–H and O–H groups in total. The Hall–Kier alpha value is -3.22. The molecule has 22 heavy (non-hydrogen) atoms. The molecular weight excluding hydrogens is 286 g/mol. The highest BCUT2D eigenvalue weighted by Crippen LogP contribution is 2.24. The van der Waals surface area contributed by atoms with Crippen molar-refractivity contribution in [1.82, 2.24) is 5.32 Å². The van der Waals surface area contributed by atoms with E-state index in [9.17, 15) is 19.7 Å². The molecule has 0 bridgehead atoms. The van der Waals surface area contributed by atoms with Crippen molar-refractivity contribution < 1.29 is 14.5 Å². The number of hydrogen-bond donors (Lipinski definition) is 2. The Kier molecular flexibility index (Phi) is 4.47. The van der Waals surface area contributed by atoms with Crippen LogP contribution in [-0.4, -0.2) is 23.2 Å². The molecule has 0 aliphatic rings. The molecule has 0 aliphatic carbocycles. The Morgan fingerprint density at radius 3 is 2.41 bits per heavy atom. The molecule has 0 unspecified atom stereocenters. The predicted molar refractivity (Wildman–Crippen MR) is 80.6 cm³/mol. The average Bonchev–Trinajstić information content (AvgIpc) is 2.53. The van der Waals surface area contributed by atoms with Gasteiger partial charge < -0.3 is 11.1 Å². The predicted octanol–water partition coefficient (Wildman–Crippen LogP) is 1.79. The lowest BCUT2D eigenvalue weighted by Crippen LogP contribution is -2.30.